The van der Waals surface area contributed by atoms with Crippen LogP contribution in [0.2, 0.25) is 0 Å². The summed E-state index contributed by atoms with van der Waals surface area (Å²) in [5, 5.41) is 0. The van der Waals surface area contributed by atoms with Crippen molar-refractivity contribution < 1.29 is 13.2 Å². The quantitative estimate of drug-likeness (QED) is 0.709. The van der Waals surface area contributed by atoms with Gasteiger partial charge in [0, 0.05) is 19.2 Å². The van der Waals surface area contributed by atoms with Crippen molar-refractivity contribution in [3.05, 3.63) is 23.3 Å². The zero-order valence-electron chi connectivity index (χ0n) is 8.83. The molecule has 0 unspecified atom stereocenters. The van der Waals surface area contributed by atoms with Gasteiger partial charge >= 0.3 is 0 Å². The third-order valence-electron chi connectivity index (χ3n) is 2.84. The second kappa shape index (κ2) is 3.45. The molecule has 1 aromatic heterocycles. The molecule has 0 bridgehead atoms. The minimum atomic E-state index is -0.835. The number of hydrogen-bond donors (Lipinski definition) is 0. The van der Waals surface area contributed by atoms with Crippen molar-refractivity contribution in [2.24, 2.45) is 0 Å². The first kappa shape index (κ1) is 10.1. The van der Waals surface area contributed by atoms with Gasteiger partial charge in [-0.15, -0.1) is 6.42 Å². The molecule has 2 aromatic rings. The molecule has 1 saturated heterocycles. The van der Waals surface area contributed by atoms with Gasteiger partial charge in [0.05, 0.1) is 5.56 Å². The molecule has 1 aliphatic heterocycles. The fourth-order valence-electron chi connectivity index (χ4n) is 1.76. The molecule has 2 heterocycles. The number of oxazole rings is 1. The summed E-state index contributed by atoms with van der Waals surface area (Å²) in [6.45, 7) is 1.64. The third kappa shape index (κ3) is 1.37. The monoisotopic (exact) mass is 234 g/mol. The highest BCUT2D eigenvalue weighted by Crippen LogP contribution is 2.29. The Morgan fingerprint density at radius 2 is 2.18 bits per heavy atom. The molecule has 3 nitrogen and oxygen atoms in total. The summed E-state index contributed by atoms with van der Waals surface area (Å²) in [4.78, 5) is 5.86. The van der Waals surface area contributed by atoms with Crippen LogP contribution in [0.25, 0.3) is 11.1 Å². The number of rotatable bonds is 1. The Kier molecular flexibility index (Phi) is 2.05. The van der Waals surface area contributed by atoms with Gasteiger partial charge in [0.15, 0.2) is 11.4 Å². The van der Waals surface area contributed by atoms with E-state index in [9.17, 15) is 8.78 Å². The minimum Gasteiger partial charge on any atom is -0.423 e. The molecule has 0 aliphatic carbocycles. The largest absolute Gasteiger partial charge is 0.423 e. The molecular formula is C12H8F2N2O. The van der Waals surface area contributed by atoms with Crippen LogP contribution in [-0.2, 0) is 0 Å². The van der Waals surface area contributed by atoms with E-state index in [1.807, 2.05) is 10.8 Å². The molecule has 1 fully saturated rings. The Morgan fingerprint density at radius 1 is 1.41 bits per heavy atom. The van der Waals surface area contributed by atoms with Crippen molar-refractivity contribution in [1.82, 2.24) is 4.98 Å². The van der Waals surface area contributed by atoms with Gasteiger partial charge in [-0.05, 0) is 6.42 Å². The maximum atomic E-state index is 13.8. The summed E-state index contributed by atoms with van der Waals surface area (Å²) in [6.07, 6.45) is 6.09. The lowest BCUT2D eigenvalue weighted by Crippen LogP contribution is -2.37. The van der Waals surface area contributed by atoms with Gasteiger partial charge in [-0.3, -0.25) is 0 Å². The number of halogens is 2. The van der Waals surface area contributed by atoms with E-state index in [1.165, 1.54) is 0 Å². The van der Waals surface area contributed by atoms with Crippen molar-refractivity contribution in [2.75, 3.05) is 18.0 Å². The minimum absolute atomic E-state index is 0.0127. The molecule has 0 N–H and O–H groups in total. The highest BCUT2D eigenvalue weighted by Gasteiger charge is 2.23. The van der Waals surface area contributed by atoms with E-state index in [2.05, 4.69) is 4.98 Å². The first-order valence-corrected chi connectivity index (χ1v) is 5.21. The standard InChI is InChI=1S/C12H8F2N2O/c1-2-7-8(13)6-9-11(10(7)14)15-12(17-9)16-4-3-5-16/h1,6H,3-5H2. The molecular weight excluding hydrogens is 226 g/mol. The number of terminal acetylenes is 1. The Hall–Kier alpha value is -2.09. The summed E-state index contributed by atoms with van der Waals surface area (Å²) in [6, 6.07) is 1.39. The van der Waals surface area contributed by atoms with E-state index in [0.29, 0.717) is 6.01 Å². The van der Waals surface area contributed by atoms with Crippen LogP contribution in [0.5, 0.6) is 0 Å². The highest BCUT2D eigenvalue weighted by atomic mass is 19.1. The van der Waals surface area contributed by atoms with E-state index < -0.39 is 17.2 Å². The molecule has 0 atom stereocenters. The summed E-state index contributed by atoms with van der Waals surface area (Å²) in [5.74, 6) is 0.340. The summed E-state index contributed by atoms with van der Waals surface area (Å²) < 4.78 is 32.5. The zero-order chi connectivity index (χ0) is 12.0. The van der Waals surface area contributed by atoms with Crippen LogP contribution in [0.15, 0.2) is 10.5 Å². The molecule has 1 aliphatic rings. The number of aromatic nitrogens is 1. The SMILES string of the molecule is C#Cc1c(F)cc2oc(N3CCC3)nc2c1F. The van der Waals surface area contributed by atoms with E-state index >= 15 is 0 Å². The Morgan fingerprint density at radius 3 is 2.76 bits per heavy atom. The molecule has 0 amide bonds. The average molecular weight is 234 g/mol. The zero-order valence-corrected chi connectivity index (χ0v) is 8.83. The van der Waals surface area contributed by atoms with E-state index in [-0.39, 0.29) is 11.1 Å². The normalized spacial score (nSPS) is 14.8. The number of hydrogen-bond acceptors (Lipinski definition) is 3. The third-order valence-corrected chi connectivity index (χ3v) is 2.84. The van der Waals surface area contributed by atoms with Crippen molar-refractivity contribution >= 4 is 17.1 Å². The van der Waals surface area contributed by atoms with Gasteiger partial charge in [0.25, 0.3) is 6.01 Å². The second-order valence-electron chi connectivity index (χ2n) is 3.88. The van der Waals surface area contributed by atoms with Crippen molar-refractivity contribution in [2.45, 2.75) is 6.42 Å². The van der Waals surface area contributed by atoms with Gasteiger partial charge in [0.1, 0.15) is 11.3 Å². The average Bonchev–Trinajstić information content (AvgIpc) is 2.59. The van der Waals surface area contributed by atoms with Gasteiger partial charge < -0.3 is 9.32 Å². The van der Waals surface area contributed by atoms with Crippen molar-refractivity contribution in [1.29, 1.82) is 0 Å². The molecule has 86 valence electrons. The lowest BCUT2D eigenvalue weighted by Gasteiger charge is -2.28. The summed E-state index contributed by atoms with van der Waals surface area (Å²) in [5.41, 5.74) is -0.330. The second-order valence-corrected chi connectivity index (χ2v) is 3.88. The fraction of sp³-hybridized carbons (Fsp3) is 0.250. The van der Waals surface area contributed by atoms with E-state index in [0.717, 1.165) is 25.6 Å². The number of anilines is 1. The van der Waals surface area contributed by atoms with Crippen LogP contribution in [-0.4, -0.2) is 18.1 Å². The van der Waals surface area contributed by atoms with Gasteiger partial charge in [0.2, 0.25) is 0 Å². The Balaban J connectivity index is 2.22. The maximum absolute atomic E-state index is 13.8. The van der Waals surface area contributed by atoms with Crippen LogP contribution in [0.1, 0.15) is 12.0 Å². The molecule has 5 heteroatoms. The first-order chi connectivity index (χ1) is 8.20. The molecule has 0 saturated carbocycles. The van der Waals surface area contributed by atoms with Crippen molar-refractivity contribution in [3.63, 3.8) is 0 Å². The lowest BCUT2D eigenvalue weighted by atomic mass is 10.2. The molecule has 17 heavy (non-hydrogen) atoms. The molecule has 0 radical (unpaired) electrons. The Bertz CT molecular complexity index is 638. The van der Waals surface area contributed by atoms with Crippen LogP contribution >= 0.6 is 0 Å². The first-order valence-electron chi connectivity index (χ1n) is 5.21. The van der Waals surface area contributed by atoms with Gasteiger partial charge in [-0.25, -0.2) is 8.78 Å². The molecule has 1 aromatic carbocycles. The molecule has 0 spiro atoms. The predicted molar refractivity (Wildman–Crippen MR) is 58.7 cm³/mol. The fourth-order valence-corrected chi connectivity index (χ4v) is 1.76. The van der Waals surface area contributed by atoms with Gasteiger partial charge in [-0.1, -0.05) is 5.92 Å². The Labute approximate surface area is 96.0 Å². The number of nitrogens with zero attached hydrogens (tertiary/aromatic N) is 2. The smallest absolute Gasteiger partial charge is 0.298 e. The van der Waals surface area contributed by atoms with Crippen molar-refractivity contribution in [3.8, 4) is 12.3 Å². The number of benzene rings is 1. The van der Waals surface area contributed by atoms with Crippen LogP contribution < -0.4 is 4.90 Å². The number of fused-ring (bicyclic) bond motifs is 1. The van der Waals surface area contributed by atoms with Gasteiger partial charge in [-0.2, -0.15) is 4.98 Å². The van der Waals surface area contributed by atoms with Crippen LogP contribution in [0.4, 0.5) is 14.8 Å². The summed E-state index contributed by atoms with van der Waals surface area (Å²) in [7, 11) is 0. The topological polar surface area (TPSA) is 29.3 Å². The van der Waals surface area contributed by atoms with E-state index in [4.69, 9.17) is 10.8 Å². The maximum Gasteiger partial charge on any atom is 0.298 e. The summed E-state index contributed by atoms with van der Waals surface area (Å²) >= 11 is 0. The predicted octanol–water partition coefficient (Wildman–Crippen LogP) is 2.30. The highest BCUT2D eigenvalue weighted by molar-refractivity contribution is 5.77. The lowest BCUT2D eigenvalue weighted by molar-refractivity contribution is 0.508. The van der Waals surface area contributed by atoms with Crippen LogP contribution in [0.3, 0.4) is 0 Å². The molecule has 3 rings (SSSR count). The van der Waals surface area contributed by atoms with E-state index in [1.54, 1.807) is 0 Å². The van der Waals surface area contributed by atoms with Crippen LogP contribution in [0, 0.1) is 24.0 Å².